The van der Waals surface area contributed by atoms with Crippen LogP contribution in [0.3, 0.4) is 0 Å². The number of aromatic nitrogens is 1. The van der Waals surface area contributed by atoms with Gasteiger partial charge in [-0.2, -0.15) is 0 Å². The number of nitrogens with two attached hydrogens (primary N) is 1. The van der Waals surface area contributed by atoms with Gasteiger partial charge in [0.15, 0.2) is 0 Å². The molecule has 1 aliphatic rings. The Morgan fingerprint density at radius 1 is 1.50 bits per heavy atom. The fourth-order valence-electron chi connectivity index (χ4n) is 2.63. The van der Waals surface area contributed by atoms with Crippen molar-refractivity contribution < 1.29 is 4.74 Å². The second-order valence-corrected chi connectivity index (χ2v) is 4.77. The molecule has 0 bridgehead atoms. The molecule has 0 radical (unpaired) electrons. The van der Waals surface area contributed by atoms with Gasteiger partial charge in [0.25, 0.3) is 0 Å². The van der Waals surface area contributed by atoms with E-state index in [1.807, 2.05) is 12.4 Å². The van der Waals surface area contributed by atoms with Crippen molar-refractivity contribution in [3.8, 4) is 0 Å². The summed E-state index contributed by atoms with van der Waals surface area (Å²) in [5.74, 6) is 0. The molecule has 1 saturated heterocycles. The minimum absolute atomic E-state index is 0.303. The molecule has 0 aromatic carbocycles. The summed E-state index contributed by atoms with van der Waals surface area (Å²) in [5.41, 5.74) is 7.23. The van der Waals surface area contributed by atoms with Crippen LogP contribution in [0.1, 0.15) is 25.3 Å². The van der Waals surface area contributed by atoms with E-state index in [4.69, 9.17) is 10.5 Å². The molecule has 0 aliphatic carbocycles. The zero-order valence-electron chi connectivity index (χ0n) is 11.1. The fraction of sp³-hybridized carbons (Fsp3) is 0.643. The zero-order valence-corrected chi connectivity index (χ0v) is 11.1. The van der Waals surface area contributed by atoms with Crippen LogP contribution < -0.4 is 5.73 Å². The highest BCUT2D eigenvalue weighted by molar-refractivity contribution is 5.09. The lowest BCUT2D eigenvalue weighted by Crippen LogP contribution is -2.47. The summed E-state index contributed by atoms with van der Waals surface area (Å²) in [7, 11) is 0. The van der Waals surface area contributed by atoms with Crippen LogP contribution in [-0.4, -0.2) is 41.7 Å². The summed E-state index contributed by atoms with van der Waals surface area (Å²) < 4.78 is 5.79. The normalized spacial score (nSPS) is 21.4. The number of ether oxygens (including phenoxy) is 1. The maximum absolute atomic E-state index is 5.95. The van der Waals surface area contributed by atoms with Gasteiger partial charge < -0.3 is 10.5 Å². The van der Waals surface area contributed by atoms with Gasteiger partial charge in [0.05, 0.1) is 6.10 Å². The van der Waals surface area contributed by atoms with E-state index in [0.29, 0.717) is 18.7 Å². The van der Waals surface area contributed by atoms with E-state index in [0.717, 1.165) is 32.5 Å². The first-order chi connectivity index (χ1) is 8.85. The lowest BCUT2D eigenvalue weighted by molar-refractivity contribution is 0.0259. The third kappa shape index (κ3) is 3.28. The molecule has 2 atom stereocenters. The van der Waals surface area contributed by atoms with Gasteiger partial charge >= 0.3 is 0 Å². The summed E-state index contributed by atoms with van der Waals surface area (Å²) in [6, 6.07) is 4.45. The summed E-state index contributed by atoms with van der Waals surface area (Å²) in [6.07, 6.45) is 6.28. The molecule has 4 heteroatoms. The largest absolute Gasteiger partial charge is 0.377 e. The number of nitrogens with zero attached hydrogens (tertiary/aromatic N) is 2. The van der Waals surface area contributed by atoms with Crippen molar-refractivity contribution in [1.29, 1.82) is 0 Å². The number of pyridine rings is 1. The first-order valence-electron chi connectivity index (χ1n) is 6.79. The van der Waals surface area contributed by atoms with E-state index in [2.05, 4.69) is 28.9 Å². The van der Waals surface area contributed by atoms with E-state index in [1.165, 1.54) is 5.56 Å². The van der Waals surface area contributed by atoms with Gasteiger partial charge in [-0.25, -0.2) is 0 Å². The summed E-state index contributed by atoms with van der Waals surface area (Å²) >= 11 is 0. The summed E-state index contributed by atoms with van der Waals surface area (Å²) in [4.78, 5) is 6.46. The van der Waals surface area contributed by atoms with E-state index in [1.54, 1.807) is 0 Å². The van der Waals surface area contributed by atoms with Crippen LogP contribution in [0.2, 0.25) is 0 Å². The van der Waals surface area contributed by atoms with Crippen LogP contribution in [0, 0.1) is 0 Å². The molecular weight excluding hydrogens is 226 g/mol. The Kier molecular flexibility index (Phi) is 5.11. The third-order valence-electron chi connectivity index (χ3n) is 3.65. The average molecular weight is 249 g/mol. The zero-order chi connectivity index (χ0) is 12.8. The van der Waals surface area contributed by atoms with Crippen LogP contribution >= 0.6 is 0 Å². The highest BCUT2D eigenvalue weighted by Gasteiger charge is 2.29. The van der Waals surface area contributed by atoms with Crippen LogP contribution in [0.5, 0.6) is 0 Å². The topological polar surface area (TPSA) is 51.4 Å². The minimum Gasteiger partial charge on any atom is -0.377 e. The van der Waals surface area contributed by atoms with Crippen molar-refractivity contribution in [2.45, 2.75) is 38.5 Å². The monoisotopic (exact) mass is 249 g/mol. The molecule has 0 saturated carbocycles. The minimum atomic E-state index is 0.303. The maximum atomic E-state index is 5.95. The van der Waals surface area contributed by atoms with Crippen molar-refractivity contribution in [3.63, 3.8) is 0 Å². The maximum Gasteiger partial charge on any atom is 0.0743 e. The summed E-state index contributed by atoms with van der Waals surface area (Å²) in [5, 5.41) is 0. The van der Waals surface area contributed by atoms with E-state index >= 15 is 0 Å². The molecule has 2 unspecified atom stereocenters. The second kappa shape index (κ2) is 6.83. The van der Waals surface area contributed by atoms with Crippen molar-refractivity contribution in [1.82, 2.24) is 9.88 Å². The Bertz CT molecular complexity index is 338. The third-order valence-corrected chi connectivity index (χ3v) is 3.65. The van der Waals surface area contributed by atoms with Gasteiger partial charge in [0.2, 0.25) is 0 Å². The van der Waals surface area contributed by atoms with Crippen molar-refractivity contribution in [2.75, 3.05) is 19.7 Å². The smallest absolute Gasteiger partial charge is 0.0743 e. The second-order valence-electron chi connectivity index (χ2n) is 4.77. The standard InChI is InChI=1S/C14H23N3O/c1-2-17(11-12-5-7-16-8-6-12)13(10-15)14-4-3-9-18-14/h5-8,13-14H,2-4,9-11,15H2,1H3. The molecule has 0 amide bonds. The molecule has 1 aromatic heterocycles. The molecule has 2 N–H and O–H groups in total. The fourth-order valence-corrected chi connectivity index (χ4v) is 2.63. The number of hydrogen-bond acceptors (Lipinski definition) is 4. The first kappa shape index (κ1) is 13.5. The molecule has 100 valence electrons. The van der Waals surface area contributed by atoms with E-state index in [-0.39, 0.29) is 0 Å². The van der Waals surface area contributed by atoms with E-state index in [9.17, 15) is 0 Å². The Hall–Kier alpha value is -0.970. The Balaban J connectivity index is 2.01. The van der Waals surface area contributed by atoms with Gasteiger partial charge in [-0.05, 0) is 37.1 Å². The molecule has 4 nitrogen and oxygen atoms in total. The first-order valence-corrected chi connectivity index (χ1v) is 6.79. The average Bonchev–Trinajstić information content (AvgIpc) is 2.93. The molecular formula is C14H23N3O. The quantitative estimate of drug-likeness (QED) is 0.828. The SMILES string of the molecule is CCN(Cc1ccncc1)C(CN)C1CCCO1. The molecule has 18 heavy (non-hydrogen) atoms. The van der Waals surface area contributed by atoms with Crippen molar-refractivity contribution >= 4 is 0 Å². The Morgan fingerprint density at radius 2 is 2.28 bits per heavy atom. The van der Waals surface area contributed by atoms with Gasteiger partial charge in [-0.1, -0.05) is 6.92 Å². The highest BCUT2D eigenvalue weighted by Crippen LogP contribution is 2.20. The van der Waals surface area contributed by atoms with Crippen molar-refractivity contribution in [2.24, 2.45) is 5.73 Å². The van der Waals surface area contributed by atoms with E-state index < -0.39 is 0 Å². The molecule has 0 spiro atoms. The molecule has 1 aliphatic heterocycles. The molecule has 2 rings (SSSR count). The van der Waals surface area contributed by atoms with Gasteiger partial charge in [-0.3, -0.25) is 9.88 Å². The van der Waals surface area contributed by atoms with Crippen LogP contribution in [-0.2, 0) is 11.3 Å². The molecule has 1 aromatic rings. The molecule has 2 heterocycles. The highest BCUT2D eigenvalue weighted by atomic mass is 16.5. The van der Waals surface area contributed by atoms with Crippen molar-refractivity contribution in [3.05, 3.63) is 30.1 Å². The number of likely N-dealkylation sites (N-methyl/N-ethyl adjacent to an activating group) is 1. The molecule has 1 fully saturated rings. The van der Waals surface area contributed by atoms with Crippen LogP contribution in [0.25, 0.3) is 0 Å². The predicted octanol–water partition coefficient (Wildman–Crippen LogP) is 1.41. The Morgan fingerprint density at radius 3 is 2.83 bits per heavy atom. The predicted molar refractivity (Wildman–Crippen MR) is 72.1 cm³/mol. The number of hydrogen-bond donors (Lipinski definition) is 1. The number of rotatable bonds is 6. The van der Waals surface area contributed by atoms with Gasteiger partial charge in [0.1, 0.15) is 0 Å². The van der Waals surface area contributed by atoms with Gasteiger partial charge in [-0.15, -0.1) is 0 Å². The lowest BCUT2D eigenvalue weighted by atomic mass is 10.1. The summed E-state index contributed by atoms with van der Waals surface area (Å²) in [6.45, 7) is 5.63. The lowest BCUT2D eigenvalue weighted by Gasteiger charge is -2.33. The van der Waals surface area contributed by atoms with Crippen LogP contribution in [0.15, 0.2) is 24.5 Å². The Labute approximate surface area is 109 Å². The van der Waals surface area contributed by atoms with Crippen LogP contribution in [0.4, 0.5) is 0 Å². The van der Waals surface area contributed by atoms with Gasteiger partial charge in [0, 0.05) is 38.1 Å².